The summed E-state index contributed by atoms with van der Waals surface area (Å²) in [6, 6.07) is -1.70. The van der Waals surface area contributed by atoms with E-state index in [0.717, 1.165) is 4.90 Å². The van der Waals surface area contributed by atoms with Crippen molar-refractivity contribution in [3.63, 3.8) is 0 Å². The number of tetrazole rings is 1. The molecule has 1 aliphatic rings. The lowest BCUT2D eigenvalue weighted by atomic mass is 10.3. The molecule has 1 saturated heterocycles. The fourth-order valence-electron chi connectivity index (χ4n) is 1.56. The van der Waals surface area contributed by atoms with E-state index in [1.54, 1.807) is 13.8 Å². The number of amidine groups is 1. The Balaban J connectivity index is 1.89. The average molecular weight is 334 g/mol. The Labute approximate surface area is 136 Å². The van der Waals surface area contributed by atoms with E-state index in [2.05, 4.69) is 53.1 Å². The number of hydroxylamine groups is 1. The van der Waals surface area contributed by atoms with E-state index in [1.807, 2.05) is 0 Å². The first kappa shape index (κ1) is 16.9. The van der Waals surface area contributed by atoms with Crippen LogP contribution in [0.2, 0.25) is 0 Å². The normalized spacial score (nSPS) is 17.2. The van der Waals surface area contributed by atoms with Gasteiger partial charge in [-0.1, -0.05) is 23.9 Å². The van der Waals surface area contributed by atoms with Gasteiger partial charge in [0.15, 0.2) is 6.04 Å². The van der Waals surface area contributed by atoms with Gasteiger partial charge in [0, 0.05) is 6.42 Å². The number of nitrogens with zero attached hydrogens (tertiary/aromatic N) is 5. The molecule has 12 nitrogen and oxygen atoms in total. The number of carbonyl (C=O) groups excluding carboxylic acids is 3. The first-order chi connectivity index (χ1) is 11.5. The van der Waals surface area contributed by atoms with Crippen molar-refractivity contribution < 1.29 is 19.2 Å². The van der Waals surface area contributed by atoms with Gasteiger partial charge in [0.25, 0.3) is 11.9 Å². The molecular formula is C12H14N8O4. The van der Waals surface area contributed by atoms with E-state index in [9.17, 15) is 14.4 Å². The summed E-state index contributed by atoms with van der Waals surface area (Å²) >= 11 is 0. The fraction of sp³-hybridized carbons (Fsp3) is 0.417. The van der Waals surface area contributed by atoms with Crippen molar-refractivity contribution >= 4 is 29.7 Å². The van der Waals surface area contributed by atoms with Gasteiger partial charge in [-0.25, -0.2) is 15.1 Å². The Morgan fingerprint density at radius 2 is 2.29 bits per heavy atom. The smallest absolute Gasteiger partial charge is 0.332 e. The van der Waals surface area contributed by atoms with Crippen LogP contribution in [-0.4, -0.2) is 57.0 Å². The number of aliphatic imine (C=N–C) groups is 1. The van der Waals surface area contributed by atoms with Crippen LogP contribution in [0.3, 0.4) is 0 Å². The largest absolute Gasteiger partial charge is 0.342 e. The van der Waals surface area contributed by atoms with Gasteiger partial charge in [0.05, 0.1) is 0 Å². The molecule has 0 saturated carbocycles. The van der Waals surface area contributed by atoms with Crippen molar-refractivity contribution in [2.75, 3.05) is 11.4 Å². The summed E-state index contributed by atoms with van der Waals surface area (Å²) in [6.45, 7) is 3.29. The van der Waals surface area contributed by atoms with E-state index < -0.39 is 23.9 Å². The van der Waals surface area contributed by atoms with Crippen molar-refractivity contribution in [3.05, 3.63) is 0 Å². The molecule has 0 aromatic carbocycles. The van der Waals surface area contributed by atoms with Gasteiger partial charge in [-0.05, 0) is 12.1 Å². The second-order valence-corrected chi connectivity index (χ2v) is 4.42. The van der Waals surface area contributed by atoms with Crippen LogP contribution in [0, 0.1) is 11.8 Å². The summed E-state index contributed by atoms with van der Waals surface area (Å²) in [7, 11) is 0. The number of aromatic amines is 1. The number of carbonyl (C=O) groups is 3. The first-order valence-corrected chi connectivity index (χ1v) is 6.86. The molecule has 1 fully saturated rings. The summed E-state index contributed by atoms with van der Waals surface area (Å²) in [5.41, 5.74) is 2.36. The number of rotatable bonds is 3. The zero-order chi connectivity index (χ0) is 17.5. The SMILES string of the molecule is CCC(=O)ONC(C)=NCC#CC1NC(=O)N(c2nn[nH]n2)C1=O. The lowest BCUT2D eigenvalue weighted by Gasteiger charge is -2.04. The maximum atomic E-state index is 12.1. The second-order valence-electron chi connectivity index (χ2n) is 4.42. The second kappa shape index (κ2) is 7.68. The summed E-state index contributed by atoms with van der Waals surface area (Å²) in [4.78, 5) is 44.1. The molecule has 12 heteroatoms. The number of nitrogens with one attached hydrogen (secondary N) is 3. The molecule has 1 atom stereocenters. The number of anilines is 1. The number of aromatic nitrogens is 4. The Morgan fingerprint density at radius 3 is 2.96 bits per heavy atom. The summed E-state index contributed by atoms with van der Waals surface area (Å²) in [5.74, 6) is 4.38. The van der Waals surface area contributed by atoms with Crippen LogP contribution in [0.5, 0.6) is 0 Å². The van der Waals surface area contributed by atoms with Gasteiger partial charge in [-0.15, -0.1) is 5.10 Å². The Morgan fingerprint density at radius 1 is 1.50 bits per heavy atom. The summed E-state index contributed by atoms with van der Waals surface area (Å²) < 4.78 is 0. The minimum absolute atomic E-state index is 0.0460. The number of H-pyrrole nitrogens is 1. The van der Waals surface area contributed by atoms with Crippen LogP contribution in [0.25, 0.3) is 0 Å². The van der Waals surface area contributed by atoms with E-state index in [-0.39, 0.29) is 18.9 Å². The molecule has 126 valence electrons. The van der Waals surface area contributed by atoms with E-state index in [0.29, 0.717) is 5.84 Å². The molecule has 0 bridgehead atoms. The van der Waals surface area contributed by atoms with Crippen LogP contribution in [0.4, 0.5) is 10.7 Å². The third kappa shape index (κ3) is 4.03. The lowest BCUT2D eigenvalue weighted by molar-refractivity contribution is -0.147. The van der Waals surface area contributed by atoms with Crippen LogP contribution in [0.15, 0.2) is 4.99 Å². The molecular weight excluding hydrogens is 320 g/mol. The Hall–Kier alpha value is -3.49. The maximum absolute atomic E-state index is 12.1. The Kier molecular flexibility index (Phi) is 5.40. The van der Waals surface area contributed by atoms with E-state index in [4.69, 9.17) is 0 Å². The maximum Gasteiger partial charge on any atom is 0.332 e. The van der Waals surface area contributed by atoms with Crippen molar-refractivity contribution in [3.8, 4) is 11.8 Å². The van der Waals surface area contributed by atoms with Crippen LogP contribution in [0.1, 0.15) is 20.3 Å². The topological polar surface area (TPSA) is 155 Å². The van der Waals surface area contributed by atoms with Crippen molar-refractivity contribution in [1.29, 1.82) is 0 Å². The van der Waals surface area contributed by atoms with Crippen LogP contribution >= 0.6 is 0 Å². The molecule has 0 aliphatic carbocycles. The summed E-state index contributed by atoms with van der Waals surface area (Å²) in [6.07, 6.45) is 0.237. The third-order valence-electron chi connectivity index (χ3n) is 2.72. The Bertz CT molecular complexity index is 717. The fourth-order valence-corrected chi connectivity index (χ4v) is 1.56. The van der Waals surface area contributed by atoms with Gasteiger partial charge in [0.2, 0.25) is 0 Å². The third-order valence-corrected chi connectivity index (χ3v) is 2.72. The van der Waals surface area contributed by atoms with E-state index in [1.165, 1.54) is 0 Å². The highest BCUT2D eigenvalue weighted by atomic mass is 16.7. The molecule has 1 unspecified atom stereocenters. The highest BCUT2D eigenvalue weighted by Gasteiger charge is 2.40. The van der Waals surface area contributed by atoms with Crippen molar-refractivity contribution in [1.82, 2.24) is 31.4 Å². The molecule has 3 N–H and O–H groups in total. The predicted molar refractivity (Wildman–Crippen MR) is 79.3 cm³/mol. The van der Waals surface area contributed by atoms with Crippen molar-refractivity contribution in [2.45, 2.75) is 26.3 Å². The molecule has 0 radical (unpaired) electrons. The number of hydrogen-bond donors (Lipinski definition) is 3. The molecule has 24 heavy (non-hydrogen) atoms. The van der Waals surface area contributed by atoms with Gasteiger partial charge in [-0.2, -0.15) is 10.1 Å². The quantitative estimate of drug-likeness (QED) is 0.198. The minimum atomic E-state index is -1.02. The highest BCUT2D eigenvalue weighted by molar-refractivity contribution is 6.21. The zero-order valence-electron chi connectivity index (χ0n) is 12.9. The molecule has 2 heterocycles. The molecule has 3 amide bonds. The predicted octanol–water partition coefficient (Wildman–Crippen LogP) is -1.50. The van der Waals surface area contributed by atoms with Crippen LogP contribution < -0.4 is 15.7 Å². The minimum Gasteiger partial charge on any atom is -0.342 e. The molecule has 1 aliphatic heterocycles. The van der Waals surface area contributed by atoms with E-state index >= 15 is 0 Å². The van der Waals surface area contributed by atoms with Crippen molar-refractivity contribution in [2.24, 2.45) is 4.99 Å². The van der Waals surface area contributed by atoms with Gasteiger partial charge < -0.3 is 10.2 Å². The molecule has 1 aromatic rings. The monoisotopic (exact) mass is 334 g/mol. The number of hydrogen-bond acceptors (Lipinski definition) is 8. The number of imide groups is 1. The lowest BCUT2D eigenvalue weighted by Crippen LogP contribution is -2.32. The summed E-state index contributed by atoms with van der Waals surface area (Å²) in [5, 5.41) is 15.0. The number of amides is 3. The standard InChI is InChI=1S/C12H14N8O4/c1-3-9(21)24-17-7(2)13-6-4-5-8-10(22)20(12(23)14-8)11-15-18-19-16-11/h8H,3,6H2,1-2H3,(H,13,17)(H,14,23)(H,15,16,18,19). The van der Waals surface area contributed by atoms with Gasteiger partial charge >= 0.3 is 12.0 Å². The average Bonchev–Trinajstić information content (AvgIpc) is 3.17. The molecule has 2 rings (SSSR count). The zero-order valence-corrected chi connectivity index (χ0v) is 12.9. The number of urea groups is 1. The van der Waals surface area contributed by atoms with Crippen LogP contribution in [-0.2, 0) is 14.4 Å². The van der Waals surface area contributed by atoms with Gasteiger partial charge in [0.1, 0.15) is 12.4 Å². The highest BCUT2D eigenvalue weighted by Crippen LogP contribution is 2.12. The van der Waals surface area contributed by atoms with Gasteiger partial charge in [-0.3, -0.25) is 9.79 Å². The first-order valence-electron chi connectivity index (χ1n) is 6.86. The molecule has 1 aromatic heterocycles. The molecule has 0 spiro atoms.